The molecule has 3 aromatic rings. The van der Waals surface area contributed by atoms with Gasteiger partial charge in [-0.3, -0.25) is 4.79 Å². The van der Waals surface area contributed by atoms with Crippen LogP contribution in [0.15, 0.2) is 40.5 Å². The first-order chi connectivity index (χ1) is 16.0. The van der Waals surface area contributed by atoms with Gasteiger partial charge >= 0.3 is 0 Å². The van der Waals surface area contributed by atoms with Crippen molar-refractivity contribution in [1.29, 1.82) is 0 Å². The molecule has 1 atom stereocenters. The molecular weight excluding hydrogens is 458 g/mol. The van der Waals surface area contributed by atoms with Crippen molar-refractivity contribution in [3.05, 3.63) is 47.6 Å². The van der Waals surface area contributed by atoms with Gasteiger partial charge in [0.1, 0.15) is 11.6 Å². The molecule has 0 radical (unpaired) electrons. The molecule has 1 aromatic carbocycles. The minimum Gasteiger partial charge on any atom is -0.493 e. The summed E-state index contributed by atoms with van der Waals surface area (Å²) >= 11 is 0. The second kappa shape index (κ2) is 9.42. The maximum atomic E-state index is 13.2. The van der Waals surface area contributed by atoms with E-state index in [2.05, 4.69) is 16.0 Å². The molecule has 1 aliphatic heterocycles. The first kappa shape index (κ1) is 23.7. The summed E-state index contributed by atoms with van der Waals surface area (Å²) in [5.74, 6) is 3.05. The number of nitrogen functional groups attached to an aromatic ring is 1. The lowest BCUT2D eigenvalue weighted by atomic mass is 9.94. The Bertz CT molecular complexity index is 1260. The van der Waals surface area contributed by atoms with Crippen LogP contribution in [0.5, 0.6) is 11.5 Å². The summed E-state index contributed by atoms with van der Waals surface area (Å²) in [6.07, 6.45) is 5.01. The van der Waals surface area contributed by atoms with Crippen LogP contribution in [0.3, 0.4) is 0 Å². The molecule has 180 valence electrons. The molecule has 2 aromatic heterocycles. The topological polar surface area (TPSA) is 107 Å². The van der Waals surface area contributed by atoms with E-state index in [-0.39, 0.29) is 24.4 Å². The van der Waals surface area contributed by atoms with Crippen molar-refractivity contribution in [2.45, 2.75) is 32.2 Å². The van der Waals surface area contributed by atoms with Crippen LogP contribution in [0, 0.1) is 6.92 Å². The molecule has 0 saturated carbocycles. The van der Waals surface area contributed by atoms with Gasteiger partial charge in [0.15, 0.2) is 17.3 Å². The van der Waals surface area contributed by atoms with E-state index in [9.17, 15) is 4.79 Å². The monoisotopic (exact) mass is 485 g/mol. The molecule has 1 aliphatic carbocycles. The van der Waals surface area contributed by atoms with Gasteiger partial charge in [0.05, 0.1) is 25.8 Å². The van der Waals surface area contributed by atoms with Gasteiger partial charge in [0.2, 0.25) is 5.95 Å². The van der Waals surface area contributed by atoms with Crippen molar-refractivity contribution in [2.75, 3.05) is 37.9 Å². The Labute approximate surface area is 203 Å². The zero-order valence-electron chi connectivity index (χ0n) is 19.4. The van der Waals surface area contributed by atoms with E-state index in [1.807, 2.05) is 24.0 Å². The van der Waals surface area contributed by atoms with E-state index >= 15 is 0 Å². The summed E-state index contributed by atoms with van der Waals surface area (Å²) in [7, 11) is 3.17. The highest BCUT2D eigenvalue weighted by atomic mass is 35.5. The number of aryl methyl sites for hydroxylation is 1. The van der Waals surface area contributed by atoms with Crippen molar-refractivity contribution in [3.63, 3.8) is 0 Å². The number of nitrogens with zero attached hydrogens (tertiary/aromatic N) is 4. The molecule has 0 spiro atoms. The number of carbonyl (C=O) groups is 1. The molecule has 1 unspecified atom stereocenters. The Morgan fingerprint density at radius 3 is 2.62 bits per heavy atom. The van der Waals surface area contributed by atoms with Gasteiger partial charge < -0.3 is 29.4 Å². The lowest BCUT2D eigenvalue weighted by molar-refractivity contribution is 0.0638. The number of furan rings is 1. The molecule has 9 nitrogen and oxygen atoms in total. The minimum atomic E-state index is -0.0867. The highest BCUT2D eigenvalue weighted by Gasteiger charge is 2.38. The number of amides is 1. The van der Waals surface area contributed by atoms with E-state index < -0.39 is 0 Å². The highest BCUT2D eigenvalue weighted by molar-refractivity contribution is 5.93. The fourth-order valence-corrected chi connectivity index (χ4v) is 4.68. The Hall–Kier alpha value is -3.46. The maximum Gasteiger partial charge on any atom is 0.290 e. The normalized spacial score (nSPS) is 17.6. The van der Waals surface area contributed by atoms with Gasteiger partial charge in [-0.05, 0) is 44.4 Å². The van der Waals surface area contributed by atoms with Crippen LogP contribution in [0.2, 0.25) is 0 Å². The Balaban J connectivity index is 0.00000274. The quantitative estimate of drug-likeness (QED) is 0.592. The smallest absolute Gasteiger partial charge is 0.290 e. The average Bonchev–Trinajstić information content (AvgIpc) is 3.28. The predicted octanol–water partition coefficient (Wildman–Crippen LogP) is 3.95. The van der Waals surface area contributed by atoms with E-state index in [0.717, 1.165) is 30.7 Å². The summed E-state index contributed by atoms with van der Waals surface area (Å²) in [4.78, 5) is 26.6. The fourth-order valence-electron chi connectivity index (χ4n) is 4.68. The summed E-state index contributed by atoms with van der Waals surface area (Å²) in [5.41, 5.74) is 8.03. The molecule has 1 fully saturated rings. The number of carbonyl (C=O) groups excluding carboxylic acids is 1. The maximum absolute atomic E-state index is 13.2. The molecule has 10 heteroatoms. The van der Waals surface area contributed by atoms with Crippen LogP contribution in [0.1, 0.15) is 35.6 Å². The molecule has 2 aliphatic rings. The summed E-state index contributed by atoms with van der Waals surface area (Å²) < 4.78 is 16.4. The van der Waals surface area contributed by atoms with E-state index in [4.69, 9.17) is 24.6 Å². The first-order valence-electron chi connectivity index (χ1n) is 11.0. The number of allylic oxidation sites excluding steroid dienone is 1. The number of ether oxygens (including phenoxy) is 2. The van der Waals surface area contributed by atoms with Gasteiger partial charge in [0.25, 0.3) is 5.91 Å². The van der Waals surface area contributed by atoms with Crippen molar-refractivity contribution in [1.82, 2.24) is 14.9 Å². The van der Waals surface area contributed by atoms with E-state index in [0.29, 0.717) is 53.0 Å². The van der Waals surface area contributed by atoms with Gasteiger partial charge in [-0.25, -0.2) is 4.98 Å². The SMILES string of the molecule is COc1cc2nc(N3CCN(C(=O)c4ccc(C)o4)C4CCCC=C43)nc(N)c2cc1OC.Cl. The van der Waals surface area contributed by atoms with Crippen molar-refractivity contribution >= 4 is 41.0 Å². The van der Waals surface area contributed by atoms with Gasteiger partial charge in [-0.2, -0.15) is 4.98 Å². The molecule has 2 N–H and O–H groups in total. The minimum absolute atomic E-state index is 0. The van der Waals surface area contributed by atoms with Crippen LogP contribution in [0.25, 0.3) is 10.9 Å². The summed E-state index contributed by atoms with van der Waals surface area (Å²) in [6, 6.07) is 7.09. The Morgan fingerprint density at radius 2 is 1.91 bits per heavy atom. The molecule has 0 bridgehead atoms. The Kier molecular flexibility index (Phi) is 6.56. The van der Waals surface area contributed by atoms with E-state index in [1.54, 1.807) is 26.4 Å². The van der Waals surface area contributed by atoms with Crippen LogP contribution in [-0.2, 0) is 0 Å². The predicted molar refractivity (Wildman–Crippen MR) is 132 cm³/mol. The average molecular weight is 486 g/mol. The molecular formula is C24H28ClN5O4. The lowest BCUT2D eigenvalue weighted by Gasteiger charge is -2.44. The van der Waals surface area contributed by atoms with Crippen LogP contribution >= 0.6 is 12.4 Å². The van der Waals surface area contributed by atoms with Gasteiger partial charge in [0, 0.05) is 30.2 Å². The van der Waals surface area contributed by atoms with Gasteiger partial charge in [-0.15, -0.1) is 12.4 Å². The number of aromatic nitrogens is 2. The molecule has 34 heavy (non-hydrogen) atoms. The van der Waals surface area contributed by atoms with Crippen LogP contribution in [-0.4, -0.2) is 54.1 Å². The zero-order chi connectivity index (χ0) is 23.1. The molecule has 1 amide bonds. The van der Waals surface area contributed by atoms with E-state index in [1.165, 1.54) is 0 Å². The van der Waals surface area contributed by atoms with Gasteiger partial charge in [-0.1, -0.05) is 6.08 Å². The third-order valence-electron chi connectivity index (χ3n) is 6.30. The number of anilines is 2. The number of methoxy groups -OCH3 is 2. The summed E-state index contributed by atoms with van der Waals surface area (Å²) in [5, 5.41) is 0.701. The third-order valence-corrected chi connectivity index (χ3v) is 6.30. The molecule has 5 rings (SSSR count). The number of fused-ring (bicyclic) bond motifs is 2. The Morgan fingerprint density at radius 1 is 1.15 bits per heavy atom. The number of nitrogens with two attached hydrogens (primary N) is 1. The van der Waals surface area contributed by atoms with Crippen LogP contribution < -0.4 is 20.1 Å². The zero-order valence-corrected chi connectivity index (χ0v) is 20.2. The molecule has 1 saturated heterocycles. The van der Waals surface area contributed by atoms with Crippen molar-refractivity contribution in [2.24, 2.45) is 0 Å². The number of rotatable bonds is 4. The number of hydrogen-bond acceptors (Lipinski definition) is 8. The number of benzene rings is 1. The second-order valence-electron chi connectivity index (χ2n) is 8.27. The summed E-state index contributed by atoms with van der Waals surface area (Å²) in [6.45, 7) is 2.94. The fraction of sp³-hybridized carbons (Fsp3) is 0.375. The largest absolute Gasteiger partial charge is 0.493 e. The second-order valence-corrected chi connectivity index (χ2v) is 8.27. The number of piperazine rings is 1. The third kappa shape index (κ3) is 4.00. The molecule has 3 heterocycles. The van der Waals surface area contributed by atoms with Crippen molar-refractivity contribution in [3.8, 4) is 11.5 Å². The number of halogens is 1. The lowest BCUT2D eigenvalue weighted by Crippen LogP contribution is -2.54. The van der Waals surface area contributed by atoms with Crippen molar-refractivity contribution < 1.29 is 18.7 Å². The van der Waals surface area contributed by atoms with Crippen LogP contribution in [0.4, 0.5) is 11.8 Å². The highest BCUT2D eigenvalue weighted by Crippen LogP contribution is 2.37. The standard InChI is InChI=1S/C24H27N5O4.ClH/c1-14-8-9-19(33-14)23(30)28-10-11-29(18-7-5-4-6-17(18)28)24-26-16-13-21(32-3)20(31-2)12-15(16)22(25)27-24;/h7-9,12-13,17H,4-6,10-11H2,1-3H3,(H2,25,26,27);1H. The first-order valence-corrected chi connectivity index (χ1v) is 11.0. The number of hydrogen-bond donors (Lipinski definition) is 1.